The molecule has 1 aliphatic heterocycles. The van der Waals surface area contributed by atoms with E-state index in [1.54, 1.807) is 0 Å². The predicted molar refractivity (Wildman–Crippen MR) is 34.9 cm³/mol. The van der Waals surface area contributed by atoms with Crippen LogP contribution < -0.4 is 0 Å². The summed E-state index contributed by atoms with van der Waals surface area (Å²) in [6.07, 6.45) is -5.30. The van der Waals surface area contributed by atoms with Crippen molar-refractivity contribution in [3.05, 3.63) is 0 Å². The van der Waals surface area contributed by atoms with Crippen molar-refractivity contribution in [2.24, 2.45) is 0 Å². The molecule has 1 heterocycles. The highest BCUT2D eigenvalue weighted by atomic mass is 19.1. The van der Waals surface area contributed by atoms with Crippen LogP contribution in [0.1, 0.15) is 0 Å². The van der Waals surface area contributed by atoms with E-state index in [1.807, 2.05) is 0 Å². The molecule has 1 rings (SSSR count). The summed E-state index contributed by atoms with van der Waals surface area (Å²) in [6, 6.07) is 0. The van der Waals surface area contributed by atoms with Crippen molar-refractivity contribution in [1.82, 2.24) is 0 Å². The number of ether oxygens (including phenoxy) is 1. The van der Waals surface area contributed by atoms with Crippen LogP contribution in [-0.2, 0) is 4.74 Å². The van der Waals surface area contributed by atoms with Crippen molar-refractivity contribution in [3.8, 4) is 0 Å². The number of hydrogen-bond acceptors (Lipinski definition) is 5. The van der Waals surface area contributed by atoms with Crippen LogP contribution in [0.2, 0.25) is 0 Å². The number of hydrogen-bond donors (Lipinski definition) is 4. The second-order valence-corrected chi connectivity index (χ2v) is 2.77. The molecule has 0 saturated carbocycles. The van der Waals surface area contributed by atoms with Gasteiger partial charge in [0, 0.05) is 0 Å². The molecular weight excluding hydrogens is 171 g/mol. The average molecular weight is 182 g/mol. The summed E-state index contributed by atoms with van der Waals surface area (Å²) < 4.78 is 17.0. The quantitative estimate of drug-likeness (QED) is 0.368. The third-order valence-electron chi connectivity index (χ3n) is 1.88. The maximum atomic E-state index is 12.6. The third kappa shape index (κ3) is 1.44. The molecule has 0 aromatic rings. The molecule has 72 valence electrons. The molecule has 4 atom stereocenters. The predicted octanol–water partition coefficient (Wildman–Crippen LogP) is -2.24. The Bertz CT molecular complexity index is 166. The first-order valence-electron chi connectivity index (χ1n) is 3.48. The lowest BCUT2D eigenvalue weighted by Crippen LogP contribution is -2.61. The van der Waals surface area contributed by atoms with Crippen LogP contribution >= 0.6 is 0 Å². The molecule has 0 aliphatic carbocycles. The van der Waals surface area contributed by atoms with Gasteiger partial charge in [0.25, 0.3) is 0 Å². The van der Waals surface area contributed by atoms with Gasteiger partial charge in [-0.1, -0.05) is 0 Å². The minimum atomic E-state index is -2.25. The van der Waals surface area contributed by atoms with Gasteiger partial charge in [-0.25, -0.2) is 4.39 Å². The van der Waals surface area contributed by atoms with Gasteiger partial charge in [-0.05, 0) is 0 Å². The highest BCUT2D eigenvalue weighted by Crippen LogP contribution is 2.24. The van der Waals surface area contributed by atoms with E-state index in [0.717, 1.165) is 0 Å². The topological polar surface area (TPSA) is 90.2 Å². The lowest BCUT2D eigenvalue weighted by atomic mass is 9.98. The average Bonchev–Trinajstić information content (AvgIpc) is 2.09. The van der Waals surface area contributed by atoms with Crippen molar-refractivity contribution in [3.63, 3.8) is 0 Å². The number of aliphatic hydroxyl groups excluding tert-OH is 3. The Balaban J connectivity index is 2.71. The van der Waals surface area contributed by atoms with Gasteiger partial charge in [0.1, 0.15) is 12.2 Å². The van der Waals surface area contributed by atoms with E-state index >= 15 is 0 Å². The summed E-state index contributed by atoms with van der Waals surface area (Å²) in [4.78, 5) is 0. The molecule has 1 fully saturated rings. The van der Waals surface area contributed by atoms with Gasteiger partial charge in [0.15, 0.2) is 6.17 Å². The Labute approximate surface area is 68.0 Å². The first kappa shape index (κ1) is 9.82. The van der Waals surface area contributed by atoms with Crippen molar-refractivity contribution < 1.29 is 29.6 Å². The van der Waals surface area contributed by atoms with E-state index in [4.69, 9.17) is 15.3 Å². The summed E-state index contributed by atoms with van der Waals surface area (Å²) in [6.45, 7) is -1.44. The van der Waals surface area contributed by atoms with E-state index in [9.17, 15) is 9.50 Å². The Kier molecular flexibility index (Phi) is 2.64. The molecule has 0 aromatic heterocycles. The largest absolute Gasteiger partial charge is 0.391 e. The molecule has 0 bridgehead atoms. The Morgan fingerprint density at radius 3 is 2.58 bits per heavy atom. The maximum Gasteiger partial charge on any atom is 0.218 e. The van der Waals surface area contributed by atoms with Crippen LogP contribution in [0, 0.1) is 0 Å². The molecule has 6 heteroatoms. The van der Waals surface area contributed by atoms with Gasteiger partial charge in [-0.15, -0.1) is 0 Å². The minimum Gasteiger partial charge on any atom is -0.391 e. The second kappa shape index (κ2) is 3.23. The Morgan fingerprint density at radius 2 is 2.08 bits per heavy atom. The Hall–Kier alpha value is -0.270. The molecule has 5 nitrogen and oxygen atoms in total. The van der Waals surface area contributed by atoms with Crippen molar-refractivity contribution in [2.75, 3.05) is 13.2 Å². The van der Waals surface area contributed by atoms with Crippen LogP contribution in [0.15, 0.2) is 0 Å². The van der Waals surface area contributed by atoms with Gasteiger partial charge in [0.05, 0.1) is 13.2 Å². The fourth-order valence-corrected chi connectivity index (χ4v) is 1.01. The first-order valence-corrected chi connectivity index (χ1v) is 3.48. The molecule has 4 N–H and O–H groups in total. The molecule has 0 spiro atoms. The summed E-state index contributed by atoms with van der Waals surface area (Å²) in [5, 5.41) is 35.7. The highest BCUT2D eigenvalue weighted by Gasteiger charge is 2.48. The summed E-state index contributed by atoms with van der Waals surface area (Å²) >= 11 is 0. The molecule has 1 saturated heterocycles. The highest BCUT2D eigenvalue weighted by molar-refractivity contribution is 4.91. The summed E-state index contributed by atoms with van der Waals surface area (Å²) in [5.74, 6) is -2.25. The second-order valence-electron chi connectivity index (χ2n) is 2.77. The molecule has 12 heavy (non-hydrogen) atoms. The molecule has 0 aromatic carbocycles. The van der Waals surface area contributed by atoms with Crippen LogP contribution in [0.4, 0.5) is 4.39 Å². The standard InChI is InChI=1S/C6H11FO5/c7-3-1-12-6(11,2-8)5(10)4(3)9/h3-5,8-11H,1-2H2/t3-,4+,5+,6?/m0/s1. The lowest BCUT2D eigenvalue weighted by Gasteiger charge is -2.39. The van der Waals surface area contributed by atoms with Gasteiger partial charge in [-0.2, -0.15) is 0 Å². The van der Waals surface area contributed by atoms with E-state index in [2.05, 4.69) is 4.74 Å². The summed E-state index contributed by atoms with van der Waals surface area (Å²) in [5.41, 5.74) is 0. The molecular formula is C6H11FO5. The zero-order valence-electron chi connectivity index (χ0n) is 6.22. The Morgan fingerprint density at radius 1 is 1.50 bits per heavy atom. The number of halogens is 1. The number of alkyl halides is 1. The third-order valence-corrected chi connectivity index (χ3v) is 1.88. The van der Waals surface area contributed by atoms with E-state index in [-0.39, 0.29) is 0 Å². The first-order chi connectivity index (χ1) is 5.51. The van der Waals surface area contributed by atoms with Gasteiger partial charge >= 0.3 is 0 Å². The van der Waals surface area contributed by atoms with E-state index in [0.29, 0.717) is 0 Å². The van der Waals surface area contributed by atoms with Crippen LogP contribution in [0.5, 0.6) is 0 Å². The van der Waals surface area contributed by atoms with E-state index in [1.165, 1.54) is 0 Å². The van der Waals surface area contributed by atoms with Crippen LogP contribution in [0.3, 0.4) is 0 Å². The van der Waals surface area contributed by atoms with Crippen LogP contribution in [-0.4, -0.2) is 57.8 Å². The van der Waals surface area contributed by atoms with Gasteiger partial charge < -0.3 is 25.2 Å². The summed E-state index contributed by atoms with van der Waals surface area (Å²) in [7, 11) is 0. The number of rotatable bonds is 1. The normalized spacial score (nSPS) is 49.2. The maximum absolute atomic E-state index is 12.6. The van der Waals surface area contributed by atoms with Gasteiger partial charge in [-0.3, -0.25) is 0 Å². The van der Waals surface area contributed by atoms with Gasteiger partial charge in [0.2, 0.25) is 5.79 Å². The minimum absolute atomic E-state index is 0.546. The van der Waals surface area contributed by atoms with E-state index < -0.39 is 37.4 Å². The zero-order chi connectivity index (χ0) is 9.35. The van der Waals surface area contributed by atoms with Crippen molar-refractivity contribution in [2.45, 2.75) is 24.2 Å². The fourth-order valence-electron chi connectivity index (χ4n) is 1.01. The molecule has 0 radical (unpaired) electrons. The molecule has 0 amide bonds. The lowest BCUT2D eigenvalue weighted by molar-refractivity contribution is -0.324. The SMILES string of the molecule is OCC1(O)OC[C@H](F)[C@@H](O)[C@H]1O. The fraction of sp³-hybridized carbons (Fsp3) is 1.00. The molecule has 1 aliphatic rings. The zero-order valence-corrected chi connectivity index (χ0v) is 6.22. The number of aliphatic hydroxyl groups is 4. The smallest absolute Gasteiger partial charge is 0.218 e. The van der Waals surface area contributed by atoms with Crippen molar-refractivity contribution >= 4 is 0 Å². The monoisotopic (exact) mass is 182 g/mol. The van der Waals surface area contributed by atoms with Crippen LogP contribution in [0.25, 0.3) is 0 Å². The van der Waals surface area contributed by atoms with Crippen molar-refractivity contribution in [1.29, 1.82) is 0 Å². The molecule has 1 unspecified atom stereocenters.